The highest BCUT2D eigenvalue weighted by atomic mass is 16.4. The van der Waals surface area contributed by atoms with Crippen LogP contribution >= 0.6 is 0 Å². The van der Waals surface area contributed by atoms with Crippen LogP contribution in [0.5, 0.6) is 0 Å². The molecule has 2 fully saturated rings. The summed E-state index contributed by atoms with van der Waals surface area (Å²) in [7, 11) is 1.91. The first kappa shape index (κ1) is 13.5. The van der Waals surface area contributed by atoms with E-state index in [4.69, 9.17) is 0 Å². The molecule has 1 saturated carbocycles. The minimum atomic E-state index is -0.698. The van der Waals surface area contributed by atoms with Gasteiger partial charge < -0.3 is 9.67 Å². The molecule has 1 aromatic rings. The second-order valence-electron chi connectivity index (χ2n) is 6.07. The highest BCUT2D eigenvalue weighted by molar-refractivity contribution is 5.73. The summed E-state index contributed by atoms with van der Waals surface area (Å²) >= 11 is 0. The van der Waals surface area contributed by atoms with Crippen molar-refractivity contribution in [3.8, 4) is 0 Å². The molecule has 1 aliphatic heterocycles. The van der Waals surface area contributed by atoms with E-state index in [2.05, 4.69) is 15.1 Å². The second-order valence-corrected chi connectivity index (χ2v) is 6.07. The van der Waals surface area contributed by atoms with E-state index in [1.807, 2.05) is 11.6 Å². The molecular weight excluding hydrogens is 256 g/mol. The van der Waals surface area contributed by atoms with Gasteiger partial charge in [-0.15, -0.1) is 10.2 Å². The maximum Gasteiger partial charge on any atom is 0.320 e. The fourth-order valence-electron chi connectivity index (χ4n) is 3.84. The van der Waals surface area contributed by atoms with Crippen molar-refractivity contribution in [2.45, 2.75) is 57.2 Å². The summed E-state index contributed by atoms with van der Waals surface area (Å²) in [4.78, 5) is 13.7. The van der Waals surface area contributed by atoms with E-state index < -0.39 is 5.97 Å². The van der Waals surface area contributed by atoms with Crippen molar-refractivity contribution in [3.05, 3.63) is 12.2 Å². The van der Waals surface area contributed by atoms with Gasteiger partial charge in [0.25, 0.3) is 0 Å². The zero-order valence-electron chi connectivity index (χ0n) is 11.9. The Labute approximate surface area is 118 Å². The molecule has 0 bridgehead atoms. The lowest BCUT2D eigenvalue weighted by Crippen LogP contribution is -2.54. The number of carbonyl (C=O) groups is 1. The summed E-state index contributed by atoms with van der Waals surface area (Å²) in [5.74, 6) is 0.811. The van der Waals surface area contributed by atoms with Gasteiger partial charge in [-0.25, -0.2) is 0 Å². The number of hydrogen-bond acceptors (Lipinski definition) is 4. The van der Waals surface area contributed by atoms with E-state index in [1.54, 1.807) is 6.33 Å². The SMILES string of the molecule is Cn1cnnc1CN1C(C(=O)O)CCC2CCCCC21. The van der Waals surface area contributed by atoms with Crippen molar-refractivity contribution >= 4 is 5.97 Å². The maximum absolute atomic E-state index is 11.6. The number of fused-ring (bicyclic) bond motifs is 1. The van der Waals surface area contributed by atoms with Gasteiger partial charge in [0.15, 0.2) is 0 Å². The van der Waals surface area contributed by atoms with Crippen molar-refractivity contribution in [1.29, 1.82) is 0 Å². The van der Waals surface area contributed by atoms with E-state index in [-0.39, 0.29) is 6.04 Å². The van der Waals surface area contributed by atoms with Gasteiger partial charge in [-0.05, 0) is 31.6 Å². The lowest BCUT2D eigenvalue weighted by atomic mass is 9.76. The van der Waals surface area contributed by atoms with E-state index in [9.17, 15) is 9.90 Å². The number of carboxylic acid groups (broad SMARTS) is 1. The molecule has 0 spiro atoms. The van der Waals surface area contributed by atoms with Crippen molar-refractivity contribution in [3.63, 3.8) is 0 Å². The topological polar surface area (TPSA) is 71.2 Å². The zero-order chi connectivity index (χ0) is 14.1. The highest BCUT2D eigenvalue weighted by Crippen LogP contribution is 2.38. The fraction of sp³-hybridized carbons (Fsp3) is 0.786. The van der Waals surface area contributed by atoms with Gasteiger partial charge in [-0.3, -0.25) is 9.69 Å². The van der Waals surface area contributed by atoms with Crippen LogP contribution in [0, 0.1) is 5.92 Å². The molecule has 0 aromatic carbocycles. The Balaban J connectivity index is 1.84. The molecule has 1 N–H and O–H groups in total. The number of aliphatic carboxylic acids is 1. The minimum Gasteiger partial charge on any atom is -0.480 e. The first-order chi connectivity index (χ1) is 9.66. The molecule has 2 heterocycles. The number of rotatable bonds is 3. The Hall–Kier alpha value is -1.43. The van der Waals surface area contributed by atoms with Crippen molar-refractivity contribution in [2.75, 3.05) is 0 Å². The Morgan fingerprint density at radius 1 is 1.35 bits per heavy atom. The second kappa shape index (κ2) is 5.52. The van der Waals surface area contributed by atoms with E-state index >= 15 is 0 Å². The minimum absolute atomic E-state index is 0.369. The third-order valence-corrected chi connectivity index (χ3v) is 4.92. The molecule has 3 unspecified atom stereocenters. The van der Waals surface area contributed by atoms with E-state index in [0.29, 0.717) is 18.5 Å². The molecule has 6 heteroatoms. The predicted octanol–water partition coefficient (Wildman–Crippen LogP) is 1.42. The molecule has 110 valence electrons. The van der Waals surface area contributed by atoms with Crippen LogP contribution in [0.4, 0.5) is 0 Å². The van der Waals surface area contributed by atoms with Crippen LogP contribution in [0.3, 0.4) is 0 Å². The summed E-state index contributed by atoms with van der Waals surface area (Å²) in [5, 5.41) is 17.5. The van der Waals surface area contributed by atoms with E-state index in [1.165, 1.54) is 19.3 Å². The maximum atomic E-state index is 11.6. The van der Waals surface area contributed by atoms with Crippen LogP contribution < -0.4 is 0 Å². The highest BCUT2D eigenvalue weighted by Gasteiger charge is 2.41. The summed E-state index contributed by atoms with van der Waals surface area (Å²) in [5.41, 5.74) is 0. The molecule has 2 aliphatic rings. The molecule has 3 atom stereocenters. The molecule has 0 radical (unpaired) electrons. The molecule has 6 nitrogen and oxygen atoms in total. The number of nitrogens with zero attached hydrogens (tertiary/aromatic N) is 4. The molecule has 3 rings (SSSR count). The Kier molecular flexibility index (Phi) is 3.74. The Morgan fingerprint density at radius 3 is 2.85 bits per heavy atom. The average Bonchev–Trinajstić information content (AvgIpc) is 2.84. The van der Waals surface area contributed by atoms with Gasteiger partial charge >= 0.3 is 5.97 Å². The number of piperidine rings is 1. The molecule has 1 aliphatic carbocycles. The third kappa shape index (κ3) is 2.44. The van der Waals surface area contributed by atoms with Gasteiger partial charge in [0, 0.05) is 13.1 Å². The monoisotopic (exact) mass is 278 g/mol. The van der Waals surface area contributed by atoms with Crippen LogP contribution in [0.1, 0.15) is 44.3 Å². The van der Waals surface area contributed by atoms with Gasteiger partial charge in [-0.2, -0.15) is 0 Å². The van der Waals surface area contributed by atoms with Crippen molar-refractivity contribution < 1.29 is 9.90 Å². The molecule has 20 heavy (non-hydrogen) atoms. The number of aromatic nitrogens is 3. The van der Waals surface area contributed by atoms with Crippen LogP contribution in [0.2, 0.25) is 0 Å². The standard InChI is InChI=1S/C14H22N4O2/c1-17-9-15-16-13(17)8-18-11-5-3-2-4-10(11)6-7-12(18)14(19)20/h9-12H,2-8H2,1H3,(H,19,20). The summed E-state index contributed by atoms with van der Waals surface area (Å²) < 4.78 is 1.88. The van der Waals surface area contributed by atoms with Crippen LogP contribution in [0.25, 0.3) is 0 Å². The first-order valence-electron chi connectivity index (χ1n) is 7.48. The molecule has 1 aromatic heterocycles. The van der Waals surface area contributed by atoms with Gasteiger partial charge in [0.05, 0.1) is 6.54 Å². The van der Waals surface area contributed by atoms with Crippen LogP contribution in [0.15, 0.2) is 6.33 Å². The Bertz CT molecular complexity index is 487. The van der Waals surface area contributed by atoms with E-state index in [0.717, 1.165) is 25.1 Å². The van der Waals surface area contributed by atoms with Gasteiger partial charge in [0.2, 0.25) is 0 Å². The summed E-state index contributed by atoms with van der Waals surface area (Å²) in [6.45, 7) is 0.592. The summed E-state index contributed by atoms with van der Waals surface area (Å²) in [6, 6.07) is 0.0290. The summed E-state index contributed by atoms with van der Waals surface area (Å²) in [6.07, 6.45) is 8.34. The average molecular weight is 278 g/mol. The quantitative estimate of drug-likeness (QED) is 0.905. The predicted molar refractivity (Wildman–Crippen MR) is 72.9 cm³/mol. The number of aryl methyl sites for hydroxylation is 1. The lowest BCUT2D eigenvalue weighted by Gasteiger charge is -2.46. The first-order valence-corrected chi connectivity index (χ1v) is 7.48. The van der Waals surface area contributed by atoms with Crippen molar-refractivity contribution in [1.82, 2.24) is 19.7 Å². The smallest absolute Gasteiger partial charge is 0.320 e. The molecule has 1 saturated heterocycles. The fourth-order valence-corrected chi connectivity index (χ4v) is 3.84. The number of hydrogen-bond donors (Lipinski definition) is 1. The third-order valence-electron chi connectivity index (χ3n) is 4.92. The Morgan fingerprint density at radius 2 is 2.15 bits per heavy atom. The van der Waals surface area contributed by atoms with Gasteiger partial charge in [-0.1, -0.05) is 12.8 Å². The molecular formula is C14H22N4O2. The largest absolute Gasteiger partial charge is 0.480 e. The van der Waals surface area contributed by atoms with Gasteiger partial charge in [0.1, 0.15) is 18.2 Å². The van der Waals surface area contributed by atoms with Crippen molar-refractivity contribution in [2.24, 2.45) is 13.0 Å². The van der Waals surface area contributed by atoms with Crippen LogP contribution in [-0.4, -0.2) is 42.8 Å². The molecule has 0 amide bonds. The van der Waals surface area contributed by atoms with Crippen LogP contribution in [-0.2, 0) is 18.4 Å². The lowest BCUT2D eigenvalue weighted by molar-refractivity contribution is -0.148. The normalized spacial score (nSPS) is 30.9. The number of likely N-dealkylation sites (tertiary alicyclic amines) is 1. The zero-order valence-corrected chi connectivity index (χ0v) is 11.9. The number of carboxylic acids is 1.